The second-order valence-corrected chi connectivity index (χ2v) is 2.52. The van der Waals surface area contributed by atoms with Crippen LogP contribution in [0.15, 0.2) is 24.3 Å². The molecule has 0 amide bonds. The van der Waals surface area contributed by atoms with E-state index in [1.165, 1.54) is 23.7 Å². The summed E-state index contributed by atoms with van der Waals surface area (Å²) in [4.78, 5) is 0. The van der Waals surface area contributed by atoms with Gasteiger partial charge in [-0.15, -0.1) is 0 Å². The van der Waals surface area contributed by atoms with Crippen LogP contribution in [0.5, 0.6) is 5.75 Å². The van der Waals surface area contributed by atoms with Gasteiger partial charge in [-0.2, -0.15) is 0 Å². The second-order valence-electron chi connectivity index (χ2n) is 2.52. The first-order valence-electron chi connectivity index (χ1n) is 3.60. The number of nitrogens with one attached hydrogen (secondary N) is 2. The minimum absolute atomic E-state index is 0.00212. The summed E-state index contributed by atoms with van der Waals surface area (Å²) < 4.78 is 0. The van der Waals surface area contributed by atoms with Gasteiger partial charge in [0.1, 0.15) is 11.9 Å². The van der Waals surface area contributed by atoms with E-state index < -0.39 is 11.9 Å². The van der Waals surface area contributed by atoms with Gasteiger partial charge in [-0.1, -0.05) is 12.1 Å². The van der Waals surface area contributed by atoms with E-state index in [0.717, 1.165) is 0 Å². The van der Waals surface area contributed by atoms with Gasteiger partial charge in [-0.05, 0) is 17.7 Å². The minimum atomic E-state index is -1.25. The predicted molar refractivity (Wildman–Crippen MR) is 45.7 cm³/mol. The maximum absolute atomic E-state index is 9.36. The molecule has 13 heavy (non-hydrogen) atoms. The topological polar surface area (TPSA) is 96.6 Å². The lowest BCUT2D eigenvalue weighted by molar-refractivity contribution is 0.187. The lowest BCUT2D eigenvalue weighted by Gasteiger charge is -2.10. The van der Waals surface area contributed by atoms with E-state index in [-0.39, 0.29) is 5.75 Å². The van der Waals surface area contributed by atoms with Crippen molar-refractivity contribution in [3.8, 4) is 5.75 Å². The summed E-state index contributed by atoms with van der Waals surface area (Å²) in [5, 5.41) is 33.8. The van der Waals surface area contributed by atoms with Crippen LogP contribution >= 0.6 is 0 Å². The summed E-state index contributed by atoms with van der Waals surface area (Å²) in [6.07, 6.45) is -1.25. The first-order chi connectivity index (χ1) is 6.15. The Bertz CT molecular complexity index is 314. The van der Waals surface area contributed by atoms with Crippen molar-refractivity contribution in [2.45, 2.75) is 6.10 Å². The van der Waals surface area contributed by atoms with Crippen LogP contribution in [0.3, 0.4) is 0 Å². The van der Waals surface area contributed by atoms with Crippen LogP contribution in [0.4, 0.5) is 0 Å². The molecule has 1 unspecified atom stereocenters. The van der Waals surface area contributed by atoms with E-state index in [4.69, 9.17) is 15.7 Å². The fourth-order valence-electron chi connectivity index (χ4n) is 0.923. The average molecular weight is 182 g/mol. The molecule has 0 heterocycles. The molecule has 5 heteroatoms. The van der Waals surface area contributed by atoms with Crippen LogP contribution in [0.2, 0.25) is 0 Å². The van der Waals surface area contributed by atoms with E-state index in [2.05, 4.69) is 0 Å². The van der Waals surface area contributed by atoms with Crippen LogP contribution in [-0.4, -0.2) is 21.3 Å². The zero-order valence-corrected chi connectivity index (χ0v) is 6.73. The van der Waals surface area contributed by atoms with Crippen molar-refractivity contribution in [2.75, 3.05) is 0 Å². The number of hydroxylamine groups is 1. The SMILES string of the molecule is N=C(NO)C(O)c1cccc(O)c1. The molecule has 0 aliphatic carbocycles. The molecular weight excluding hydrogens is 172 g/mol. The van der Waals surface area contributed by atoms with Crippen molar-refractivity contribution in [3.63, 3.8) is 0 Å². The third kappa shape index (κ3) is 2.17. The van der Waals surface area contributed by atoms with Crippen molar-refractivity contribution in [1.82, 2.24) is 5.48 Å². The van der Waals surface area contributed by atoms with E-state index in [9.17, 15) is 5.11 Å². The zero-order valence-electron chi connectivity index (χ0n) is 6.73. The summed E-state index contributed by atoms with van der Waals surface area (Å²) in [5.74, 6) is -0.437. The van der Waals surface area contributed by atoms with Crippen molar-refractivity contribution in [2.24, 2.45) is 0 Å². The van der Waals surface area contributed by atoms with Gasteiger partial charge >= 0.3 is 0 Å². The molecule has 0 aromatic heterocycles. The van der Waals surface area contributed by atoms with Gasteiger partial charge in [0.2, 0.25) is 0 Å². The Balaban J connectivity index is 2.88. The first-order valence-corrected chi connectivity index (χ1v) is 3.60. The van der Waals surface area contributed by atoms with Crippen molar-refractivity contribution in [1.29, 1.82) is 5.41 Å². The van der Waals surface area contributed by atoms with Crippen molar-refractivity contribution in [3.05, 3.63) is 29.8 Å². The lowest BCUT2D eigenvalue weighted by Crippen LogP contribution is -2.25. The van der Waals surface area contributed by atoms with E-state index >= 15 is 0 Å². The van der Waals surface area contributed by atoms with Crippen LogP contribution in [0.25, 0.3) is 0 Å². The first kappa shape index (κ1) is 9.50. The number of aliphatic hydroxyl groups excluding tert-OH is 1. The molecule has 0 aliphatic heterocycles. The monoisotopic (exact) mass is 182 g/mol. The summed E-state index contributed by atoms with van der Waals surface area (Å²) in [7, 11) is 0. The highest BCUT2D eigenvalue weighted by molar-refractivity contribution is 5.83. The van der Waals surface area contributed by atoms with Crippen LogP contribution in [-0.2, 0) is 0 Å². The molecule has 0 fully saturated rings. The molecule has 1 aromatic rings. The summed E-state index contributed by atoms with van der Waals surface area (Å²) >= 11 is 0. The number of aliphatic hydroxyl groups is 1. The molecule has 70 valence electrons. The number of aromatic hydroxyl groups is 1. The van der Waals surface area contributed by atoms with Crippen LogP contribution < -0.4 is 5.48 Å². The second kappa shape index (κ2) is 3.88. The molecule has 0 radical (unpaired) electrons. The standard InChI is InChI=1S/C8H10N2O3/c9-8(10-13)7(12)5-2-1-3-6(11)4-5/h1-4,7,11-13H,(H2,9,10). The Morgan fingerprint density at radius 3 is 2.69 bits per heavy atom. The normalized spacial score (nSPS) is 12.2. The fraction of sp³-hybridized carbons (Fsp3) is 0.125. The van der Waals surface area contributed by atoms with Crippen molar-refractivity contribution < 1.29 is 15.4 Å². The number of hydrogen-bond acceptors (Lipinski definition) is 4. The summed E-state index contributed by atoms with van der Waals surface area (Å²) in [5.41, 5.74) is 1.87. The molecule has 1 aromatic carbocycles. The van der Waals surface area contributed by atoms with Gasteiger partial charge in [0.25, 0.3) is 0 Å². The molecule has 5 nitrogen and oxygen atoms in total. The number of amidine groups is 1. The Kier molecular flexibility index (Phi) is 2.84. The maximum Gasteiger partial charge on any atom is 0.151 e. The largest absolute Gasteiger partial charge is 0.508 e. The number of hydrogen-bond donors (Lipinski definition) is 5. The summed E-state index contributed by atoms with van der Waals surface area (Å²) in [6.45, 7) is 0. The Hall–Kier alpha value is -1.59. The predicted octanol–water partition coefficient (Wildman–Crippen LogP) is 0.382. The van der Waals surface area contributed by atoms with E-state index in [0.29, 0.717) is 5.56 Å². The fourth-order valence-corrected chi connectivity index (χ4v) is 0.923. The quantitative estimate of drug-likeness (QED) is 0.259. The molecule has 0 bridgehead atoms. The molecule has 5 N–H and O–H groups in total. The molecule has 0 spiro atoms. The number of phenolic OH excluding ortho intramolecular Hbond substituents is 1. The van der Waals surface area contributed by atoms with Gasteiger partial charge in [0.15, 0.2) is 5.84 Å². The molecule has 0 saturated heterocycles. The highest BCUT2D eigenvalue weighted by atomic mass is 16.5. The number of benzene rings is 1. The number of rotatable bonds is 2. The summed E-state index contributed by atoms with van der Waals surface area (Å²) in [6, 6.07) is 5.84. The van der Waals surface area contributed by atoms with Crippen LogP contribution in [0.1, 0.15) is 11.7 Å². The smallest absolute Gasteiger partial charge is 0.151 e. The van der Waals surface area contributed by atoms with Gasteiger partial charge in [0, 0.05) is 0 Å². The van der Waals surface area contributed by atoms with Crippen molar-refractivity contribution >= 4 is 5.84 Å². The zero-order chi connectivity index (χ0) is 9.84. The molecule has 0 saturated carbocycles. The molecule has 0 aliphatic rings. The van der Waals surface area contributed by atoms with Crippen LogP contribution in [0, 0.1) is 5.41 Å². The number of phenols is 1. The Morgan fingerprint density at radius 1 is 1.46 bits per heavy atom. The Labute approximate surface area is 74.7 Å². The third-order valence-electron chi connectivity index (χ3n) is 1.58. The molecule has 1 rings (SSSR count). The highest BCUT2D eigenvalue weighted by Crippen LogP contribution is 2.17. The molecule has 1 atom stereocenters. The van der Waals surface area contributed by atoms with E-state index in [1.54, 1.807) is 6.07 Å². The van der Waals surface area contributed by atoms with Gasteiger partial charge in [-0.3, -0.25) is 16.1 Å². The van der Waals surface area contributed by atoms with E-state index in [1.807, 2.05) is 0 Å². The van der Waals surface area contributed by atoms with Gasteiger partial charge < -0.3 is 10.2 Å². The lowest BCUT2D eigenvalue weighted by atomic mass is 10.1. The maximum atomic E-state index is 9.36. The average Bonchev–Trinajstić information content (AvgIpc) is 2.15. The highest BCUT2D eigenvalue weighted by Gasteiger charge is 2.12. The van der Waals surface area contributed by atoms with Gasteiger partial charge in [0.05, 0.1) is 0 Å². The third-order valence-corrected chi connectivity index (χ3v) is 1.58. The molecular formula is C8H10N2O3. The van der Waals surface area contributed by atoms with Gasteiger partial charge in [-0.25, -0.2) is 0 Å². The minimum Gasteiger partial charge on any atom is -0.508 e. The Morgan fingerprint density at radius 2 is 2.15 bits per heavy atom.